The number of anilines is 1. The van der Waals surface area contributed by atoms with Crippen LogP contribution in [0.1, 0.15) is 5.56 Å². The Balaban J connectivity index is 2.35. The Morgan fingerprint density at radius 1 is 0.846 bits per heavy atom. The molecule has 2 N–H and O–H groups in total. The first kappa shape index (κ1) is 18.2. The van der Waals surface area contributed by atoms with Crippen LogP contribution in [-0.4, -0.2) is 22.5 Å². The monoisotopic (exact) mass is 366 g/mol. The van der Waals surface area contributed by atoms with Crippen molar-refractivity contribution in [3.8, 4) is 22.3 Å². The smallest absolute Gasteiger partial charge is 0.238 e. The Kier molecular flexibility index (Phi) is 4.85. The lowest BCUT2D eigenvalue weighted by Gasteiger charge is -2.19. The number of nitrogens with zero attached hydrogens (tertiary/aromatic N) is 1. The quantitative estimate of drug-likeness (QED) is 0.758. The molecule has 3 aromatic carbocycles. The lowest BCUT2D eigenvalue weighted by Crippen LogP contribution is -2.14. The van der Waals surface area contributed by atoms with Crippen LogP contribution < -0.4 is 10.0 Å². The molecule has 3 rings (SSSR count). The second-order valence-electron chi connectivity index (χ2n) is 6.49. The molecular formula is C21H22N2O2S. The maximum atomic E-state index is 12.2. The van der Waals surface area contributed by atoms with E-state index in [0.717, 1.165) is 27.9 Å². The summed E-state index contributed by atoms with van der Waals surface area (Å²) in [7, 11) is 0.125. The Morgan fingerprint density at radius 2 is 1.54 bits per heavy atom. The van der Waals surface area contributed by atoms with Crippen LogP contribution in [0.2, 0.25) is 0 Å². The van der Waals surface area contributed by atoms with Crippen LogP contribution in [0, 0.1) is 6.92 Å². The molecule has 0 spiro atoms. The summed E-state index contributed by atoms with van der Waals surface area (Å²) in [6.07, 6.45) is 0. The van der Waals surface area contributed by atoms with Gasteiger partial charge in [-0.05, 0) is 41.3 Å². The van der Waals surface area contributed by atoms with E-state index < -0.39 is 10.0 Å². The highest BCUT2D eigenvalue weighted by Gasteiger charge is 2.19. The molecule has 0 saturated heterocycles. The minimum Gasteiger partial charge on any atom is -0.377 e. The van der Waals surface area contributed by atoms with Crippen molar-refractivity contribution in [2.45, 2.75) is 11.8 Å². The predicted octanol–water partition coefficient (Wildman–Crippen LogP) is 4.04. The minimum absolute atomic E-state index is 0.133. The first-order chi connectivity index (χ1) is 12.3. The van der Waals surface area contributed by atoms with Crippen LogP contribution in [0.5, 0.6) is 0 Å². The lowest BCUT2D eigenvalue weighted by atomic mass is 9.93. The van der Waals surface area contributed by atoms with Gasteiger partial charge < -0.3 is 4.90 Å². The molecule has 0 aromatic heterocycles. The van der Waals surface area contributed by atoms with E-state index in [0.29, 0.717) is 5.56 Å². The van der Waals surface area contributed by atoms with Crippen LogP contribution in [-0.2, 0) is 10.0 Å². The molecule has 0 aliphatic carbocycles. The Labute approximate surface area is 155 Å². The van der Waals surface area contributed by atoms with Crippen molar-refractivity contribution in [3.05, 3.63) is 72.3 Å². The van der Waals surface area contributed by atoms with Crippen molar-refractivity contribution in [2.75, 3.05) is 19.0 Å². The van der Waals surface area contributed by atoms with E-state index in [4.69, 9.17) is 5.14 Å². The Bertz CT molecular complexity index is 1040. The van der Waals surface area contributed by atoms with Crippen LogP contribution in [0.25, 0.3) is 22.3 Å². The molecule has 0 atom stereocenters. The maximum Gasteiger partial charge on any atom is 0.238 e. The van der Waals surface area contributed by atoms with Gasteiger partial charge in [-0.2, -0.15) is 0 Å². The molecule has 0 fully saturated rings. The van der Waals surface area contributed by atoms with Crippen molar-refractivity contribution < 1.29 is 8.42 Å². The first-order valence-electron chi connectivity index (χ1n) is 8.28. The van der Waals surface area contributed by atoms with Crippen LogP contribution in [0.15, 0.2) is 71.6 Å². The standard InChI is InChI=1S/C21H22N2O2S/c1-15-12-13-17(14-19(15)23(2)3)18-10-7-11-20(26(22,24)25)21(18)16-8-5-4-6-9-16/h4-14H,1-3H3,(H2,22,24,25). The van der Waals surface area contributed by atoms with Crippen LogP contribution in [0.4, 0.5) is 5.69 Å². The van der Waals surface area contributed by atoms with Crippen molar-refractivity contribution >= 4 is 15.7 Å². The number of hydrogen-bond acceptors (Lipinski definition) is 3. The Morgan fingerprint density at radius 3 is 2.15 bits per heavy atom. The third-order valence-corrected chi connectivity index (χ3v) is 5.35. The summed E-state index contributed by atoms with van der Waals surface area (Å²) in [5, 5.41) is 5.51. The summed E-state index contributed by atoms with van der Waals surface area (Å²) in [4.78, 5) is 2.18. The zero-order valence-corrected chi connectivity index (χ0v) is 15.9. The largest absolute Gasteiger partial charge is 0.377 e. The number of aryl methyl sites for hydroxylation is 1. The third-order valence-electron chi connectivity index (χ3n) is 4.40. The fourth-order valence-corrected chi connectivity index (χ4v) is 3.95. The molecule has 0 unspecified atom stereocenters. The molecule has 0 amide bonds. The highest BCUT2D eigenvalue weighted by atomic mass is 32.2. The van der Waals surface area contributed by atoms with Crippen molar-refractivity contribution in [1.29, 1.82) is 0 Å². The summed E-state index contributed by atoms with van der Waals surface area (Å²) in [6.45, 7) is 2.05. The maximum absolute atomic E-state index is 12.2. The van der Waals surface area contributed by atoms with E-state index in [-0.39, 0.29) is 4.90 Å². The van der Waals surface area contributed by atoms with Crippen LogP contribution >= 0.6 is 0 Å². The molecule has 3 aromatic rings. The normalized spacial score (nSPS) is 11.4. The highest BCUT2D eigenvalue weighted by Crippen LogP contribution is 2.38. The van der Waals surface area contributed by atoms with Gasteiger partial charge in [0.25, 0.3) is 0 Å². The van der Waals surface area contributed by atoms with E-state index in [1.54, 1.807) is 12.1 Å². The fourth-order valence-electron chi connectivity index (χ4n) is 3.17. The van der Waals surface area contributed by atoms with Gasteiger partial charge in [0.15, 0.2) is 0 Å². The lowest BCUT2D eigenvalue weighted by molar-refractivity contribution is 0.598. The third kappa shape index (κ3) is 3.49. The topological polar surface area (TPSA) is 63.4 Å². The van der Waals surface area contributed by atoms with Gasteiger partial charge in [0, 0.05) is 25.3 Å². The van der Waals surface area contributed by atoms with E-state index in [2.05, 4.69) is 13.0 Å². The highest BCUT2D eigenvalue weighted by molar-refractivity contribution is 7.89. The average Bonchev–Trinajstić information content (AvgIpc) is 2.61. The van der Waals surface area contributed by atoms with Gasteiger partial charge in [0.2, 0.25) is 10.0 Å². The summed E-state index contributed by atoms with van der Waals surface area (Å²) in [5.41, 5.74) is 5.47. The zero-order valence-electron chi connectivity index (χ0n) is 15.1. The number of rotatable bonds is 4. The number of primary sulfonamides is 1. The van der Waals surface area contributed by atoms with E-state index in [9.17, 15) is 8.42 Å². The van der Waals surface area contributed by atoms with E-state index in [1.807, 2.05) is 67.5 Å². The Hall–Kier alpha value is -2.63. The van der Waals surface area contributed by atoms with Gasteiger partial charge >= 0.3 is 0 Å². The zero-order chi connectivity index (χ0) is 18.9. The molecule has 0 bridgehead atoms. The SMILES string of the molecule is Cc1ccc(-c2cccc(S(N)(=O)=O)c2-c2ccccc2)cc1N(C)C. The second kappa shape index (κ2) is 6.94. The minimum atomic E-state index is -3.86. The first-order valence-corrected chi connectivity index (χ1v) is 9.83. The number of hydrogen-bond donors (Lipinski definition) is 1. The van der Waals surface area contributed by atoms with E-state index >= 15 is 0 Å². The summed E-state index contributed by atoms with van der Waals surface area (Å²) >= 11 is 0. The molecule has 0 heterocycles. The van der Waals surface area contributed by atoms with Crippen LogP contribution in [0.3, 0.4) is 0 Å². The van der Waals surface area contributed by atoms with E-state index in [1.165, 1.54) is 0 Å². The van der Waals surface area contributed by atoms with Gasteiger partial charge in [-0.1, -0.05) is 54.6 Å². The van der Waals surface area contributed by atoms with Gasteiger partial charge in [0.05, 0.1) is 4.90 Å². The predicted molar refractivity (Wildman–Crippen MR) is 108 cm³/mol. The molecule has 0 saturated carbocycles. The van der Waals surface area contributed by atoms with Crippen molar-refractivity contribution in [1.82, 2.24) is 0 Å². The summed E-state index contributed by atoms with van der Waals surface area (Å²) in [6, 6.07) is 20.8. The van der Waals surface area contributed by atoms with Crippen molar-refractivity contribution in [2.24, 2.45) is 5.14 Å². The van der Waals surface area contributed by atoms with Gasteiger partial charge in [-0.15, -0.1) is 0 Å². The fraction of sp³-hybridized carbons (Fsp3) is 0.143. The van der Waals surface area contributed by atoms with Gasteiger partial charge in [-0.25, -0.2) is 13.6 Å². The number of nitrogens with two attached hydrogens (primary N) is 1. The molecule has 0 radical (unpaired) electrons. The van der Waals surface area contributed by atoms with Gasteiger partial charge in [0.1, 0.15) is 0 Å². The van der Waals surface area contributed by atoms with Crippen molar-refractivity contribution in [3.63, 3.8) is 0 Å². The second-order valence-corrected chi connectivity index (χ2v) is 8.02. The summed E-state index contributed by atoms with van der Waals surface area (Å²) < 4.78 is 24.4. The molecule has 134 valence electrons. The molecule has 0 aliphatic heterocycles. The molecule has 4 nitrogen and oxygen atoms in total. The molecule has 26 heavy (non-hydrogen) atoms. The van der Waals surface area contributed by atoms with Gasteiger partial charge in [-0.3, -0.25) is 0 Å². The molecular weight excluding hydrogens is 344 g/mol. The number of sulfonamides is 1. The summed E-state index contributed by atoms with van der Waals surface area (Å²) in [5.74, 6) is 0. The molecule has 5 heteroatoms. The average molecular weight is 366 g/mol. The number of benzene rings is 3. The molecule has 0 aliphatic rings.